The van der Waals surface area contributed by atoms with Crippen molar-refractivity contribution < 1.29 is 8.42 Å². The molecule has 1 fully saturated rings. The van der Waals surface area contributed by atoms with Crippen molar-refractivity contribution in [1.29, 1.82) is 0 Å². The molecule has 5 heteroatoms. The predicted octanol–water partition coefficient (Wildman–Crippen LogP) is 4.16. The highest BCUT2D eigenvalue weighted by molar-refractivity contribution is 7.88. The lowest BCUT2D eigenvalue weighted by Crippen LogP contribution is -2.31. The lowest BCUT2D eigenvalue weighted by molar-refractivity contribution is 0.513. The van der Waals surface area contributed by atoms with E-state index in [1.165, 1.54) is 0 Å². The first kappa shape index (κ1) is 16.5. The van der Waals surface area contributed by atoms with Gasteiger partial charge < -0.3 is 0 Å². The maximum Gasteiger partial charge on any atom is 0.216 e. The molecule has 3 nitrogen and oxygen atoms in total. The van der Waals surface area contributed by atoms with E-state index < -0.39 is 10.0 Å². The minimum absolute atomic E-state index is 0.100. The molecule has 3 atom stereocenters. The zero-order valence-electron chi connectivity index (χ0n) is 12.9. The van der Waals surface area contributed by atoms with Gasteiger partial charge in [-0.25, -0.2) is 13.1 Å². The molecule has 3 unspecified atom stereocenters. The van der Waals surface area contributed by atoms with Crippen molar-refractivity contribution in [1.82, 2.24) is 4.72 Å². The van der Waals surface area contributed by atoms with Crippen LogP contribution in [0.3, 0.4) is 0 Å². The van der Waals surface area contributed by atoms with E-state index in [4.69, 9.17) is 11.6 Å². The van der Waals surface area contributed by atoms with E-state index in [1.54, 1.807) is 24.3 Å². The molecule has 1 saturated carbocycles. The molecule has 1 N–H and O–H groups in total. The molecule has 0 radical (unpaired) electrons. The molecule has 1 aliphatic carbocycles. The molecular weight excluding hydrogens is 330 g/mol. The number of hydrogen-bond donors (Lipinski definition) is 1. The first-order valence-corrected chi connectivity index (χ1v) is 9.77. The summed E-state index contributed by atoms with van der Waals surface area (Å²) < 4.78 is 28.1. The van der Waals surface area contributed by atoms with Crippen LogP contribution in [0.15, 0.2) is 54.6 Å². The van der Waals surface area contributed by atoms with Crippen LogP contribution in [0.4, 0.5) is 0 Å². The van der Waals surface area contributed by atoms with Crippen LogP contribution in [-0.4, -0.2) is 8.42 Å². The Balaban J connectivity index is 1.81. The minimum atomic E-state index is -3.47. The zero-order valence-corrected chi connectivity index (χ0v) is 14.5. The van der Waals surface area contributed by atoms with Crippen LogP contribution in [0.1, 0.15) is 30.5 Å². The second kappa shape index (κ2) is 6.63. The molecule has 0 amide bonds. The van der Waals surface area contributed by atoms with Crippen molar-refractivity contribution in [3.8, 4) is 0 Å². The van der Waals surface area contributed by atoms with Gasteiger partial charge in [0.1, 0.15) is 0 Å². The van der Waals surface area contributed by atoms with Gasteiger partial charge in [-0.3, -0.25) is 0 Å². The Morgan fingerprint density at radius 1 is 1.13 bits per heavy atom. The second-order valence-corrected chi connectivity index (χ2v) is 8.39. The van der Waals surface area contributed by atoms with Crippen LogP contribution >= 0.6 is 11.6 Å². The third kappa shape index (κ3) is 4.14. The van der Waals surface area contributed by atoms with Gasteiger partial charge in [-0.2, -0.15) is 0 Å². The van der Waals surface area contributed by atoms with Crippen molar-refractivity contribution in [3.63, 3.8) is 0 Å². The molecule has 0 aromatic heterocycles. The number of sulfonamides is 1. The van der Waals surface area contributed by atoms with E-state index in [0.717, 1.165) is 12.0 Å². The predicted molar refractivity (Wildman–Crippen MR) is 93.7 cm³/mol. The van der Waals surface area contributed by atoms with Gasteiger partial charge in [0.15, 0.2) is 0 Å². The van der Waals surface area contributed by atoms with E-state index in [-0.39, 0.29) is 11.8 Å². The van der Waals surface area contributed by atoms with Crippen LogP contribution in [0, 0.1) is 11.8 Å². The number of hydrogen-bond acceptors (Lipinski definition) is 2. The van der Waals surface area contributed by atoms with Crippen LogP contribution in [0.25, 0.3) is 0 Å². The summed E-state index contributed by atoms with van der Waals surface area (Å²) in [5, 5.41) is 0.480. The Morgan fingerprint density at radius 3 is 2.35 bits per heavy atom. The topological polar surface area (TPSA) is 46.2 Å². The van der Waals surface area contributed by atoms with E-state index >= 15 is 0 Å². The first-order valence-electron chi connectivity index (χ1n) is 7.74. The van der Waals surface area contributed by atoms with Crippen molar-refractivity contribution >= 4 is 21.6 Å². The van der Waals surface area contributed by atoms with E-state index in [2.05, 4.69) is 11.6 Å². The Labute approximate surface area is 142 Å². The zero-order chi connectivity index (χ0) is 16.4. The Hall–Kier alpha value is -1.36. The van der Waals surface area contributed by atoms with Crippen LogP contribution in [-0.2, 0) is 15.8 Å². The lowest BCUT2D eigenvalue weighted by atomic mass is 10.0. The standard InChI is InChI=1S/C18H20ClNO2S/c1-13-11-16(13)18(14-7-3-2-4-8-14)20-23(21,22)12-15-9-5-6-10-17(15)19/h2-10,13,16,18,20H,11-12H2,1H3. The molecule has 0 aliphatic heterocycles. The SMILES string of the molecule is CC1CC1C(NS(=O)(=O)Cc1ccccc1Cl)c1ccccc1. The number of rotatable bonds is 6. The Morgan fingerprint density at radius 2 is 1.74 bits per heavy atom. The fourth-order valence-electron chi connectivity index (χ4n) is 2.93. The first-order chi connectivity index (χ1) is 11.0. The highest BCUT2D eigenvalue weighted by atomic mass is 35.5. The maximum atomic E-state index is 12.6. The summed E-state index contributed by atoms with van der Waals surface area (Å²) >= 11 is 6.09. The van der Waals surface area contributed by atoms with E-state index in [0.29, 0.717) is 22.4 Å². The lowest BCUT2D eigenvalue weighted by Gasteiger charge is -2.19. The molecule has 0 bridgehead atoms. The Bertz CT molecular complexity index is 777. The fourth-order valence-corrected chi connectivity index (χ4v) is 4.66. The van der Waals surface area contributed by atoms with Crippen molar-refractivity contribution in [2.24, 2.45) is 11.8 Å². The van der Waals surface area contributed by atoms with Gasteiger partial charge >= 0.3 is 0 Å². The summed E-state index contributed by atoms with van der Waals surface area (Å²) in [7, 11) is -3.47. The third-order valence-corrected chi connectivity index (χ3v) is 6.04. The molecule has 1 aliphatic rings. The molecular formula is C18H20ClNO2S. The van der Waals surface area contributed by atoms with Crippen LogP contribution in [0.5, 0.6) is 0 Å². The van der Waals surface area contributed by atoms with Gasteiger partial charge in [0.25, 0.3) is 0 Å². The summed E-state index contributed by atoms with van der Waals surface area (Å²) in [6, 6.07) is 16.7. The molecule has 2 aromatic carbocycles. The molecule has 0 spiro atoms. The largest absolute Gasteiger partial charge is 0.216 e. The average molecular weight is 350 g/mol. The number of nitrogens with one attached hydrogen (secondary N) is 1. The highest BCUT2D eigenvalue weighted by Gasteiger charge is 2.41. The van der Waals surface area contributed by atoms with Crippen molar-refractivity contribution in [2.75, 3.05) is 0 Å². The normalized spacial score (nSPS) is 21.8. The summed E-state index contributed by atoms with van der Waals surface area (Å²) in [6.07, 6.45) is 1.05. The molecule has 2 aromatic rings. The Kier molecular flexibility index (Phi) is 4.76. The van der Waals surface area contributed by atoms with Gasteiger partial charge in [0.05, 0.1) is 5.75 Å². The average Bonchev–Trinajstić information content (AvgIpc) is 3.25. The van der Waals surface area contributed by atoms with Crippen LogP contribution in [0.2, 0.25) is 5.02 Å². The van der Waals surface area contributed by atoms with E-state index in [1.807, 2.05) is 30.3 Å². The summed E-state index contributed by atoms with van der Waals surface area (Å²) in [6.45, 7) is 2.16. The van der Waals surface area contributed by atoms with Crippen molar-refractivity contribution in [2.45, 2.75) is 25.1 Å². The van der Waals surface area contributed by atoms with Gasteiger partial charge in [0, 0.05) is 11.1 Å². The summed E-state index contributed by atoms with van der Waals surface area (Å²) in [4.78, 5) is 0. The smallest absolute Gasteiger partial charge is 0.212 e. The molecule has 3 rings (SSSR count). The van der Waals surface area contributed by atoms with Crippen LogP contribution < -0.4 is 4.72 Å². The maximum absolute atomic E-state index is 12.6. The van der Waals surface area contributed by atoms with Gasteiger partial charge in [-0.05, 0) is 35.4 Å². The van der Waals surface area contributed by atoms with Gasteiger partial charge in [-0.1, -0.05) is 67.1 Å². The summed E-state index contributed by atoms with van der Waals surface area (Å²) in [5.41, 5.74) is 1.64. The number of benzene rings is 2. The number of halogens is 1. The summed E-state index contributed by atoms with van der Waals surface area (Å²) in [5.74, 6) is 0.804. The van der Waals surface area contributed by atoms with Crippen molar-refractivity contribution in [3.05, 3.63) is 70.7 Å². The molecule has 122 valence electrons. The molecule has 0 saturated heterocycles. The monoisotopic (exact) mass is 349 g/mol. The van der Waals surface area contributed by atoms with Gasteiger partial charge in [0.2, 0.25) is 10.0 Å². The van der Waals surface area contributed by atoms with E-state index in [9.17, 15) is 8.42 Å². The fraction of sp³-hybridized carbons (Fsp3) is 0.333. The highest BCUT2D eigenvalue weighted by Crippen LogP contribution is 2.47. The molecule has 0 heterocycles. The second-order valence-electron chi connectivity index (χ2n) is 6.23. The molecule has 23 heavy (non-hydrogen) atoms. The quantitative estimate of drug-likeness (QED) is 0.851. The van der Waals surface area contributed by atoms with Gasteiger partial charge in [-0.15, -0.1) is 0 Å². The minimum Gasteiger partial charge on any atom is -0.212 e. The third-order valence-electron chi connectivity index (χ3n) is 4.37.